The van der Waals surface area contributed by atoms with Gasteiger partial charge < -0.3 is 5.32 Å². The molecule has 1 aromatic rings. The largest absolute Gasteiger partial charge is 0.347 e. The number of aryl methyl sites for hydroxylation is 1. The molecule has 0 saturated heterocycles. The molecule has 15 heavy (non-hydrogen) atoms. The second kappa shape index (κ2) is 4.47. The molecular weight excluding hydrogens is 186 g/mol. The molecule has 2 heteroatoms. The monoisotopic (exact) mass is 205 g/mol. The lowest BCUT2D eigenvalue weighted by atomic mass is 10.1. The molecule has 0 bridgehead atoms. The van der Waals surface area contributed by atoms with Crippen LogP contribution in [0.4, 0.5) is 0 Å². The molecule has 0 heterocycles. The van der Waals surface area contributed by atoms with Gasteiger partial charge >= 0.3 is 0 Å². The minimum Gasteiger partial charge on any atom is -0.347 e. The first-order valence-corrected chi connectivity index (χ1v) is 5.34. The zero-order valence-corrected chi connectivity index (χ0v) is 9.92. The number of rotatable bonds is 2. The number of carbonyl (C=O) groups excluding carboxylic acids is 1. The Labute approximate surface area is 91.7 Å². The van der Waals surface area contributed by atoms with Gasteiger partial charge in [0.15, 0.2) is 0 Å². The lowest BCUT2D eigenvalue weighted by molar-refractivity contribution is 0.0919. The lowest BCUT2D eigenvalue weighted by Gasteiger charge is -2.20. The van der Waals surface area contributed by atoms with Crippen LogP contribution in [0.3, 0.4) is 0 Å². The standard InChI is InChI=1S/C13H19NO/c1-5-10-7-6-8-11(9-10)12(15)14-13(2,3)4/h6-9H,5H2,1-4H3,(H,14,15). The minimum atomic E-state index is -0.181. The number of nitrogens with one attached hydrogen (secondary N) is 1. The van der Waals surface area contributed by atoms with Crippen molar-refractivity contribution in [2.45, 2.75) is 39.7 Å². The van der Waals surface area contributed by atoms with Crippen LogP contribution in [0, 0.1) is 0 Å². The summed E-state index contributed by atoms with van der Waals surface area (Å²) in [6, 6.07) is 7.76. The summed E-state index contributed by atoms with van der Waals surface area (Å²) in [5.41, 5.74) is 1.75. The average molecular weight is 205 g/mol. The summed E-state index contributed by atoms with van der Waals surface area (Å²) < 4.78 is 0. The number of hydrogen-bond donors (Lipinski definition) is 1. The predicted octanol–water partition coefficient (Wildman–Crippen LogP) is 2.78. The highest BCUT2D eigenvalue weighted by Crippen LogP contribution is 2.08. The average Bonchev–Trinajstić information content (AvgIpc) is 2.15. The van der Waals surface area contributed by atoms with Crippen LogP contribution in [0.5, 0.6) is 0 Å². The van der Waals surface area contributed by atoms with Crippen molar-refractivity contribution >= 4 is 5.91 Å². The van der Waals surface area contributed by atoms with Crippen molar-refractivity contribution in [1.29, 1.82) is 0 Å². The Morgan fingerprint density at radius 1 is 1.33 bits per heavy atom. The van der Waals surface area contributed by atoms with Crippen LogP contribution < -0.4 is 5.32 Å². The van der Waals surface area contributed by atoms with Crippen LogP contribution in [0.2, 0.25) is 0 Å². The summed E-state index contributed by atoms with van der Waals surface area (Å²) in [6.07, 6.45) is 0.955. The molecule has 0 fully saturated rings. The molecule has 0 aliphatic heterocycles. The normalized spacial score (nSPS) is 11.2. The highest BCUT2D eigenvalue weighted by molar-refractivity contribution is 5.94. The summed E-state index contributed by atoms with van der Waals surface area (Å²) in [5, 5.41) is 2.95. The second-order valence-electron chi connectivity index (χ2n) is 4.76. The van der Waals surface area contributed by atoms with E-state index >= 15 is 0 Å². The van der Waals surface area contributed by atoms with E-state index in [0.717, 1.165) is 12.0 Å². The van der Waals surface area contributed by atoms with E-state index in [1.165, 1.54) is 5.56 Å². The Balaban J connectivity index is 2.82. The fourth-order valence-corrected chi connectivity index (χ4v) is 1.35. The predicted molar refractivity (Wildman–Crippen MR) is 63.0 cm³/mol. The molecule has 0 aliphatic carbocycles. The molecular formula is C13H19NO. The van der Waals surface area contributed by atoms with Crippen molar-refractivity contribution in [2.24, 2.45) is 0 Å². The molecule has 1 amide bonds. The van der Waals surface area contributed by atoms with Crippen LogP contribution >= 0.6 is 0 Å². The van der Waals surface area contributed by atoms with Crippen molar-refractivity contribution in [3.63, 3.8) is 0 Å². The minimum absolute atomic E-state index is 0.00204. The summed E-state index contributed by atoms with van der Waals surface area (Å²) >= 11 is 0. The molecule has 1 aromatic carbocycles. The molecule has 0 unspecified atom stereocenters. The Morgan fingerprint density at radius 2 is 2.00 bits per heavy atom. The van der Waals surface area contributed by atoms with Gasteiger partial charge in [0.2, 0.25) is 0 Å². The third kappa shape index (κ3) is 3.74. The maximum absolute atomic E-state index is 11.8. The maximum atomic E-state index is 11.8. The van der Waals surface area contributed by atoms with Gasteiger partial charge in [-0.1, -0.05) is 19.1 Å². The smallest absolute Gasteiger partial charge is 0.251 e. The van der Waals surface area contributed by atoms with E-state index in [1.807, 2.05) is 45.0 Å². The van der Waals surface area contributed by atoms with Gasteiger partial charge in [0.25, 0.3) is 5.91 Å². The molecule has 82 valence electrons. The van der Waals surface area contributed by atoms with E-state index in [1.54, 1.807) is 0 Å². The number of benzene rings is 1. The summed E-state index contributed by atoms with van der Waals surface area (Å²) in [4.78, 5) is 11.8. The van der Waals surface area contributed by atoms with Gasteiger partial charge in [-0.05, 0) is 44.9 Å². The highest BCUT2D eigenvalue weighted by Gasteiger charge is 2.14. The first-order chi connectivity index (χ1) is 6.92. The van der Waals surface area contributed by atoms with E-state index in [2.05, 4.69) is 12.2 Å². The van der Waals surface area contributed by atoms with Gasteiger partial charge in [0.05, 0.1) is 0 Å². The number of carbonyl (C=O) groups is 1. The van der Waals surface area contributed by atoms with Crippen LogP contribution in [0.1, 0.15) is 43.6 Å². The van der Waals surface area contributed by atoms with Crippen molar-refractivity contribution in [3.05, 3.63) is 35.4 Å². The van der Waals surface area contributed by atoms with Gasteiger partial charge in [-0.2, -0.15) is 0 Å². The third-order valence-corrected chi connectivity index (χ3v) is 2.09. The van der Waals surface area contributed by atoms with Crippen molar-refractivity contribution in [1.82, 2.24) is 5.32 Å². The SMILES string of the molecule is CCc1cccc(C(=O)NC(C)(C)C)c1. The summed E-state index contributed by atoms with van der Waals surface area (Å²) in [7, 11) is 0. The lowest BCUT2D eigenvalue weighted by Crippen LogP contribution is -2.40. The topological polar surface area (TPSA) is 29.1 Å². The fraction of sp³-hybridized carbons (Fsp3) is 0.462. The van der Waals surface area contributed by atoms with Crippen molar-refractivity contribution < 1.29 is 4.79 Å². The molecule has 1 rings (SSSR count). The fourth-order valence-electron chi connectivity index (χ4n) is 1.35. The van der Waals surface area contributed by atoms with Gasteiger partial charge in [-0.3, -0.25) is 4.79 Å². The molecule has 2 nitrogen and oxygen atoms in total. The van der Waals surface area contributed by atoms with Crippen LogP contribution in [-0.2, 0) is 6.42 Å². The molecule has 0 aromatic heterocycles. The van der Waals surface area contributed by atoms with Crippen LogP contribution in [-0.4, -0.2) is 11.4 Å². The van der Waals surface area contributed by atoms with E-state index in [0.29, 0.717) is 0 Å². The first kappa shape index (κ1) is 11.8. The molecule has 1 N–H and O–H groups in total. The van der Waals surface area contributed by atoms with E-state index < -0.39 is 0 Å². The number of hydrogen-bond acceptors (Lipinski definition) is 1. The summed E-state index contributed by atoms with van der Waals surface area (Å²) in [6.45, 7) is 8.03. The summed E-state index contributed by atoms with van der Waals surface area (Å²) in [5.74, 6) is -0.00204. The Hall–Kier alpha value is -1.31. The third-order valence-electron chi connectivity index (χ3n) is 2.09. The first-order valence-electron chi connectivity index (χ1n) is 5.34. The van der Waals surface area contributed by atoms with Gasteiger partial charge in [0.1, 0.15) is 0 Å². The zero-order valence-electron chi connectivity index (χ0n) is 9.92. The van der Waals surface area contributed by atoms with Gasteiger partial charge in [0, 0.05) is 11.1 Å². The van der Waals surface area contributed by atoms with Crippen LogP contribution in [0.15, 0.2) is 24.3 Å². The molecule has 0 atom stereocenters. The molecule has 0 radical (unpaired) electrons. The van der Waals surface area contributed by atoms with Gasteiger partial charge in [-0.15, -0.1) is 0 Å². The molecule has 0 aliphatic rings. The molecule has 0 saturated carbocycles. The molecule has 0 spiro atoms. The quantitative estimate of drug-likeness (QED) is 0.790. The number of amides is 1. The van der Waals surface area contributed by atoms with E-state index in [9.17, 15) is 4.79 Å². The van der Waals surface area contributed by atoms with E-state index in [-0.39, 0.29) is 11.4 Å². The second-order valence-corrected chi connectivity index (χ2v) is 4.76. The van der Waals surface area contributed by atoms with Crippen LogP contribution in [0.25, 0.3) is 0 Å². The van der Waals surface area contributed by atoms with Gasteiger partial charge in [-0.25, -0.2) is 0 Å². The maximum Gasteiger partial charge on any atom is 0.251 e. The van der Waals surface area contributed by atoms with E-state index in [4.69, 9.17) is 0 Å². The van der Waals surface area contributed by atoms with Crippen molar-refractivity contribution in [3.8, 4) is 0 Å². The Bertz CT molecular complexity index is 350. The highest BCUT2D eigenvalue weighted by atomic mass is 16.1. The zero-order chi connectivity index (χ0) is 11.5. The Kier molecular flexibility index (Phi) is 3.51. The van der Waals surface area contributed by atoms with Crippen molar-refractivity contribution in [2.75, 3.05) is 0 Å². The Morgan fingerprint density at radius 3 is 2.53 bits per heavy atom.